The number of aryl methyl sites for hydroxylation is 1. The Balaban J connectivity index is 1.93. The number of benzene rings is 1. The van der Waals surface area contributed by atoms with E-state index < -0.39 is 17.4 Å². The highest BCUT2D eigenvalue weighted by Crippen LogP contribution is 2.18. The minimum atomic E-state index is -0.771. The highest BCUT2D eigenvalue weighted by molar-refractivity contribution is 7.15. The zero-order valence-corrected chi connectivity index (χ0v) is 11.8. The molecule has 0 amide bonds. The second kappa shape index (κ2) is 5.21. The molecule has 3 aromatic rings. The van der Waals surface area contributed by atoms with Crippen LogP contribution < -0.4 is 0 Å². The van der Waals surface area contributed by atoms with Gasteiger partial charge >= 0.3 is 0 Å². The van der Waals surface area contributed by atoms with Crippen molar-refractivity contribution in [3.05, 3.63) is 64.4 Å². The molecule has 0 saturated heterocycles. The van der Waals surface area contributed by atoms with Crippen molar-refractivity contribution in [1.29, 1.82) is 0 Å². The van der Waals surface area contributed by atoms with E-state index in [9.17, 15) is 13.6 Å². The molecule has 6 heteroatoms. The average Bonchev–Trinajstić information content (AvgIpc) is 2.96. The van der Waals surface area contributed by atoms with Crippen molar-refractivity contribution in [3.63, 3.8) is 0 Å². The molecule has 0 atom stereocenters. The summed E-state index contributed by atoms with van der Waals surface area (Å²) in [6.45, 7) is 1.84. The summed E-state index contributed by atoms with van der Waals surface area (Å²) in [5.41, 5.74) is 1.54. The van der Waals surface area contributed by atoms with E-state index in [-0.39, 0.29) is 5.56 Å². The van der Waals surface area contributed by atoms with Gasteiger partial charge in [-0.2, -0.15) is 0 Å². The van der Waals surface area contributed by atoms with Gasteiger partial charge in [-0.25, -0.2) is 13.8 Å². The highest BCUT2D eigenvalue weighted by Gasteiger charge is 2.09. The molecular weight excluding hydrogens is 294 g/mol. The van der Waals surface area contributed by atoms with Crippen LogP contribution in [0, 0.1) is 18.6 Å². The van der Waals surface area contributed by atoms with Gasteiger partial charge in [0, 0.05) is 23.2 Å². The van der Waals surface area contributed by atoms with Crippen molar-refractivity contribution in [2.45, 2.75) is 6.92 Å². The molecule has 2 aromatic heterocycles. The van der Waals surface area contributed by atoms with E-state index in [1.807, 2.05) is 22.9 Å². The molecule has 0 bridgehead atoms. The van der Waals surface area contributed by atoms with Gasteiger partial charge in [-0.15, -0.1) is 11.3 Å². The van der Waals surface area contributed by atoms with Crippen molar-refractivity contribution in [1.82, 2.24) is 9.38 Å². The molecule has 3 rings (SSSR count). The monoisotopic (exact) mass is 304 g/mol. The van der Waals surface area contributed by atoms with Gasteiger partial charge in [-0.1, -0.05) is 0 Å². The molecule has 0 aliphatic carbocycles. The second-order valence-corrected chi connectivity index (χ2v) is 5.37. The predicted molar refractivity (Wildman–Crippen MR) is 77.5 cm³/mol. The molecule has 0 N–H and O–H groups in total. The van der Waals surface area contributed by atoms with Crippen LogP contribution in [0.4, 0.5) is 8.78 Å². The van der Waals surface area contributed by atoms with Crippen LogP contribution in [0.15, 0.2) is 35.9 Å². The Morgan fingerprint density at radius 1 is 1.29 bits per heavy atom. The van der Waals surface area contributed by atoms with Crippen LogP contribution >= 0.6 is 11.3 Å². The standard InChI is InChI=1S/C15H10F2N2OS/c1-9-13(19-4-5-21-15(19)18-9)2-3-14(20)10-6-11(16)8-12(17)7-10/h2-8H,1H3/b3-2+. The smallest absolute Gasteiger partial charge is 0.194 e. The Morgan fingerprint density at radius 2 is 2.00 bits per heavy atom. The normalized spacial score (nSPS) is 11.6. The number of nitrogens with zero attached hydrogens (tertiary/aromatic N) is 2. The Labute approximate surface area is 123 Å². The van der Waals surface area contributed by atoms with Gasteiger partial charge in [-0.05, 0) is 31.2 Å². The quantitative estimate of drug-likeness (QED) is 0.543. The molecule has 0 aliphatic rings. The number of ketones is 1. The zero-order valence-electron chi connectivity index (χ0n) is 11.0. The first kappa shape index (κ1) is 13.6. The number of rotatable bonds is 3. The Kier molecular flexibility index (Phi) is 3.39. The van der Waals surface area contributed by atoms with E-state index in [1.54, 1.807) is 6.08 Å². The number of hydrogen-bond donors (Lipinski definition) is 0. The minimum Gasteiger partial charge on any atom is -0.291 e. The fourth-order valence-electron chi connectivity index (χ4n) is 2.06. The number of thiazole rings is 1. The van der Waals surface area contributed by atoms with Gasteiger partial charge < -0.3 is 0 Å². The summed E-state index contributed by atoms with van der Waals surface area (Å²) in [4.78, 5) is 17.2. The fourth-order valence-corrected chi connectivity index (χ4v) is 2.83. The predicted octanol–water partition coefficient (Wildman–Crippen LogP) is 3.88. The van der Waals surface area contributed by atoms with Crippen LogP contribution in [0.25, 0.3) is 11.0 Å². The summed E-state index contributed by atoms with van der Waals surface area (Å²) >= 11 is 1.49. The van der Waals surface area contributed by atoms with E-state index in [4.69, 9.17) is 0 Å². The lowest BCUT2D eigenvalue weighted by Gasteiger charge is -1.98. The van der Waals surface area contributed by atoms with Gasteiger partial charge in [0.05, 0.1) is 11.4 Å². The Bertz CT molecular complexity index is 844. The summed E-state index contributed by atoms with van der Waals surface area (Å²) < 4.78 is 28.1. The lowest BCUT2D eigenvalue weighted by molar-refractivity contribution is 0.104. The number of carbonyl (C=O) groups excluding carboxylic acids is 1. The molecule has 1 aromatic carbocycles. The van der Waals surface area contributed by atoms with Gasteiger partial charge in [0.25, 0.3) is 0 Å². The highest BCUT2D eigenvalue weighted by atomic mass is 32.1. The van der Waals surface area contributed by atoms with Crippen LogP contribution in [-0.2, 0) is 0 Å². The molecule has 0 saturated carbocycles. The topological polar surface area (TPSA) is 34.4 Å². The number of aromatic nitrogens is 2. The molecule has 2 heterocycles. The first-order valence-electron chi connectivity index (χ1n) is 6.15. The minimum absolute atomic E-state index is 0.0209. The Morgan fingerprint density at radius 3 is 2.71 bits per heavy atom. The number of imidazole rings is 1. The number of allylic oxidation sites excluding steroid dienone is 1. The first-order valence-corrected chi connectivity index (χ1v) is 7.03. The van der Waals surface area contributed by atoms with Crippen molar-refractivity contribution >= 4 is 28.2 Å². The second-order valence-electron chi connectivity index (χ2n) is 4.49. The summed E-state index contributed by atoms with van der Waals surface area (Å²) in [6, 6.07) is 2.76. The number of carbonyl (C=O) groups is 1. The van der Waals surface area contributed by atoms with Gasteiger partial charge in [0.1, 0.15) is 11.6 Å². The van der Waals surface area contributed by atoms with E-state index in [1.165, 1.54) is 17.4 Å². The van der Waals surface area contributed by atoms with E-state index in [0.717, 1.165) is 34.5 Å². The van der Waals surface area contributed by atoms with Gasteiger partial charge in [-0.3, -0.25) is 9.20 Å². The molecule has 0 fully saturated rings. The number of halogens is 2. The number of hydrogen-bond acceptors (Lipinski definition) is 3. The maximum Gasteiger partial charge on any atom is 0.194 e. The summed E-state index contributed by atoms with van der Waals surface area (Å²) in [7, 11) is 0. The first-order chi connectivity index (χ1) is 10.0. The summed E-state index contributed by atoms with van der Waals surface area (Å²) in [6.07, 6.45) is 4.75. The van der Waals surface area contributed by atoms with Gasteiger partial charge in [0.2, 0.25) is 0 Å². The average molecular weight is 304 g/mol. The van der Waals surface area contributed by atoms with Crippen LogP contribution in [0.3, 0.4) is 0 Å². The summed E-state index contributed by atoms with van der Waals surface area (Å²) in [5.74, 6) is -2.00. The maximum atomic E-state index is 13.1. The van der Waals surface area contributed by atoms with Crippen LogP contribution in [0.5, 0.6) is 0 Å². The van der Waals surface area contributed by atoms with Crippen molar-refractivity contribution in [2.24, 2.45) is 0 Å². The van der Waals surface area contributed by atoms with E-state index in [0.29, 0.717) is 0 Å². The number of fused-ring (bicyclic) bond motifs is 1. The largest absolute Gasteiger partial charge is 0.291 e. The van der Waals surface area contributed by atoms with Crippen LogP contribution in [0.2, 0.25) is 0 Å². The molecular formula is C15H10F2N2OS. The molecule has 0 aliphatic heterocycles. The molecule has 21 heavy (non-hydrogen) atoms. The van der Waals surface area contributed by atoms with Crippen molar-refractivity contribution < 1.29 is 13.6 Å². The summed E-state index contributed by atoms with van der Waals surface area (Å²) in [5, 5.41) is 1.89. The lowest BCUT2D eigenvalue weighted by Crippen LogP contribution is -1.97. The SMILES string of the molecule is Cc1nc2sccn2c1/C=C/C(=O)c1cc(F)cc(F)c1. The zero-order chi connectivity index (χ0) is 15.0. The third-order valence-electron chi connectivity index (χ3n) is 3.02. The van der Waals surface area contributed by atoms with Crippen LogP contribution in [-0.4, -0.2) is 15.2 Å². The molecule has 0 radical (unpaired) electrons. The third kappa shape index (κ3) is 2.62. The van der Waals surface area contributed by atoms with E-state index in [2.05, 4.69) is 4.98 Å². The van der Waals surface area contributed by atoms with Crippen molar-refractivity contribution in [2.75, 3.05) is 0 Å². The van der Waals surface area contributed by atoms with Gasteiger partial charge in [0.15, 0.2) is 10.7 Å². The molecule has 106 valence electrons. The fraction of sp³-hybridized carbons (Fsp3) is 0.0667. The van der Waals surface area contributed by atoms with Crippen molar-refractivity contribution in [3.8, 4) is 0 Å². The Hall–Kier alpha value is -2.34. The molecule has 3 nitrogen and oxygen atoms in total. The lowest BCUT2D eigenvalue weighted by atomic mass is 10.1. The maximum absolute atomic E-state index is 13.1. The van der Waals surface area contributed by atoms with Crippen LogP contribution in [0.1, 0.15) is 21.7 Å². The van der Waals surface area contributed by atoms with E-state index >= 15 is 0 Å². The molecule has 0 unspecified atom stereocenters. The molecule has 0 spiro atoms. The third-order valence-corrected chi connectivity index (χ3v) is 3.78.